The molecule has 1 fully saturated rings. The Balaban J connectivity index is 1.74. The normalized spacial score (nSPS) is 28.9. The first-order valence-corrected chi connectivity index (χ1v) is 6.49. The predicted molar refractivity (Wildman–Crippen MR) is 65.1 cm³/mol. The van der Waals surface area contributed by atoms with Crippen molar-refractivity contribution in [1.82, 2.24) is 10.2 Å². The van der Waals surface area contributed by atoms with Gasteiger partial charge in [0.25, 0.3) is 0 Å². The first-order valence-electron chi connectivity index (χ1n) is 6.49. The molecule has 0 saturated carbocycles. The molecule has 0 bridgehead atoms. The van der Waals surface area contributed by atoms with Crippen molar-refractivity contribution in [2.75, 3.05) is 26.2 Å². The summed E-state index contributed by atoms with van der Waals surface area (Å²) in [5.41, 5.74) is 1.71. The SMILES string of the molecule is CC1CNCCN1CCC1=CCCCC1. The monoisotopic (exact) mass is 208 g/mol. The summed E-state index contributed by atoms with van der Waals surface area (Å²) < 4.78 is 0. The number of allylic oxidation sites excluding steroid dienone is 1. The van der Waals surface area contributed by atoms with E-state index in [2.05, 4.69) is 23.2 Å². The quantitative estimate of drug-likeness (QED) is 0.715. The van der Waals surface area contributed by atoms with Gasteiger partial charge in [-0.3, -0.25) is 4.90 Å². The van der Waals surface area contributed by atoms with Crippen LogP contribution in [0.1, 0.15) is 39.0 Å². The van der Waals surface area contributed by atoms with Gasteiger partial charge >= 0.3 is 0 Å². The molecule has 0 aromatic rings. The highest BCUT2D eigenvalue weighted by atomic mass is 15.2. The number of nitrogens with one attached hydrogen (secondary N) is 1. The lowest BCUT2D eigenvalue weighted by Gasteiger charge is -2.34. The van der Waals surface area contributed by atoms with Crippen LogP contribution in [0.2, 0.25) is 0 Å². The molecule has 1 atom stereocenters. The summed E-state index contributed by atoms with van der Waals surface area (Å²) in [6.07, 6.45) is 9.31. The van der Waals surface area contributed by atoms with Crippen molar-refractivity contribution in [3.63, 3.8) is 0 Å². The average molecular weight is 208 g/mol. The fourth-order valence-corrected chi connectivity index (χ4v) is 2.63. The lowest BCUT2D eigenvalue weighted by atomic mass is 9.97. The Bertz CT molecular complexity index is 223. The molecule has 1 saturated heterocycles. The second-order valence-electron chi connectivity index (χ2n) is 4.95. The van der Waals surface area contributed by atoms with E-state index in [1.807, 2.05) is 0 Å². The average Bonchev–Trinajstić information content (AvgIpc) is 2.29. The van der Waals surface area contributed by atoms with Gasteiger partial charge in [0.05, 0.1) is 0 Å². The Morgan fingerprint density at radius 3 is 3.13 bits per heavy atom. The van der Waals surface area contributed by atoms with E-state index in [0.29, 0.717) is 0 Å². The topological polar surface area (TPSA) is 15.3 Å². The van der Waals surface area contributed by atoms with E-state index in [4.69, 9.17) is 0 Å². The van der Waals surface area contributed by atoms with Crippen molar-refractivity contribution in [3.8, 4) is 0 Å². The van der Waals surface area contributed by atoms with Crippen molar-refractivity contribution in [3.05, 3.63) is 11.6 Å². The van der Waals surface area contributed by atoms with Gasteiger partial charge in [0.2, 0.25) is 0 Å². The largest absolute Gasteiger partial charge is 0.314 e. The molecule has 1 unspecified atom stereocenters. The molecule has 0 aromatic heterocycles. The zero-order chi connectivity index (χ0) is 10.5. The Labute approximate surface area is 93.7 Å². The minimum absolute atomic E-state index is 0.725. The number of hydrogen-bond donors (Lipinski definition) is 1. The fraction of sp³-hybridized carbons (Fsp3) is 0.846. The molecular weight excluding hydrogens is 184 g/mol. The molecule has 0 spiro atoms. The molecule has 1 aliphatic heterocycles. The molecular formula is C13H24N2. The van der Waals surface area contributed by atoms with Crippen LogP contribution in [0.25, 0.3) is 0 Å². The Hall–Kier alpha value is -0.340. The fourth-order valence-electron chi connectivity index (χ4n) is 2.63. The molecule has 0 amide bonds. The van der Waals surface area contributed by atoms with Gasteiger partial charge in [0.15, 0.2) is 0 Å². The Morgan fingerprint density at radius 1 is 1.47 bits per heavy atom. The van der Waals surface area contributed by atoms with Gasteiger partial charge in [-0.15, -0.1) is 0 Å². The number of nitrogens with zero attached hydrogens (tertiary/aromatic N) is 1. The van der Waals surface area contributed by atoms with E-state index in [1.54, 1.807) is 5.57 Å². The maximum absolute atomic E-state index is 3.45. The molecule has 86 valence electrons. The van der Waals surface area contributed by atoms with Crippen LogP contribution >= 0.6 is 0 Å². The van der Waals surface area contributed by atoms with Crippen LogP contribution in [0.5, 0.6) is 0 Å². The maximum atomic E-state index is 3.45. The molecule has 2 aliphatic rings. The minimum atomic E-state index is 0.725. The summed E-state index contributed by atoms with van der Waals surface area (Å²) in [5.74, 6) is 0. The van der Waals surface area contributed by atoms with Gasteiger partial charge in [-0.25, -0.2) is 0 Å². The lowest BCUT2D eigenvalue weighted by molar-refractivity contribution is 0.175. The second kappa shape index (κ2) is 5.66. The Morgan fingerprint density at radius 2 is 2.40 bits per heavy atom. The van der Waals surface area contributed by atoms with Crippen molar-refractivity contribution in [2.45, 2.75) is 45.1 Å². The van der Waals surface area contributed by atoms with Crippen LogP contribution in [0.15, 0.2) is 11.6 Å². The standard InChI is InChI=1S/C13H24N2/c1-12-11-14-8-10-15(12)9-7-13-5-3-2-4-6-13/h5,12,14H,2-4,6-11H2,1H3. The van der Waals surface area contributed by atoms with E-state index in [9.17, 15) is 0 Å². The van der Waals surface area contributed by atoms with Crippen molar-refractivity contribution < 1.29 is 0 Å². The van der Waals surface area contributed by atoms with E-state index >= 15 is 0 Å². The zero-order valence-electron chi connectivity index (χ0n) is 9.97. The van der Waals surface area contributed by atoms with E-state index < -0.39 is 0 Å². The van der Waals surface area contributed by atoms with Gasteiger partial charge in [-0.2, -0.15) is 0 Å². The highest BCUT2D eigenvalue weighted by Gasteiger charge is 2.17. The third-order valence-electron chi connectivity index (χ3n) is 3.74. The van der Waals surface area contributed by atoms with Gasteiger partial charge < -0.3 is 5.32 Å². The molecule has 0 aromatic carbocycles. The van der Waals surface area contributed by atoms with Crippen LogP contribution < -0.4 is 5.32 Å². The Kier molecular flexibility index (Phi) is 4.21. The lowest BCUT2D eigenvalue weighted by Crippen LogP contribution is -2.49. The number of piperazine rings is 1. The summed E-state index contributed by atoms with van der Waals surface area (Å²) in [6, 6.07) is 0.725. The third-order valence-corrected chi connectivity index (χ3v) is 3.74. The predicted octanol–water partition coefficient (Wildman–Crippen LogP) is 2.17. The van der Waals surface area contributed by atoms with Gasteiger partial charge in [-0.1, -0.05) is 11.6 Å². The molecule has 0 radical (unpaired) electrons. The van der Waals surface area contributed by atoms with Crippen LogP contribution in [0.3, 0.4) is 0 Å². The van der Waals surface area contributed by atoms with E-state index in [-0.39, 0.29) is 0 Å². The van der Waals surface area contributed by atoms with Crippen LogP contribution in [0, 0.1) is 0 Å². The van der Waals surface area contributed by atoms with E-state index in [1.165, 1.54) is 58.3 Å². The zero-order valence-corrected chi connectivity index (χ0v) is 9.97. The second-order valence-corrected chi connectivity index (χ2v) is 4.95. The molecule has 1 heterocycles. The summed E-state index contributed by atoms with van der Waals surface area (Å²) >= 11 is 0. The summed E-state index contributed by atoms with van der Waals surface area (Å²) in [4.78, 5) is 2.63. The molecule has 1 aliphatic carbocycles. The van der Waals surface area contributed by atoms with Gasteiger partial charge in [0, 0.05) is 32.2 Å². The molecule has 1 N–H and O–H groups in total. The number of rotatable bonds is 3. The van der Waals surface area contributed by atoms with Crippen molar-refractivity contribution in [1.29, 1.82) is 0 Å². The van der Waals surface area contributed by atoms with Crippen LogP contribution in [0.4, 0.5) is 0 Å². The van der Waals surface area contributed by atoms with E-state index in [0.717, 1.165) is 6.04 Å². The highest BCUT2D eigenvalue weighted by molar-refractivity contribution is 5.05. The highest BCUT2D eigenvalue weighted by Crippen LogP contribution is 2.20. The first kappa shape index (κ1) is 11.2. The van der Waals surface area contributed by atoms with Crippen LogP contribution in [-0.2, 0) is 0 Å². The van der Waals surface area contributed by atoms with Crippen molar-refractivity contribution >= 4 is 0 Å². The molecule has 2 heteroatoms. The number of hydrogen-bond acceptors (Lipinski definition) is 2. The summed E-state index contributed by atoms with van der Waals surface area (Å²) in [5, 5.41) is 3.45. The van der Waals surface area contributed by atoms with Crippen LogP contribution in [-0.4, -0.2) is 37.1 Å². The first-order chi connectivity index (χ1) is 7.36. The smallest absolute Gasteiger partial charge is 0.0193 e. The molecule has 2 rings (SSSR count). The molecule has 2 nitrogen and oxygen atoms in total. The van der Waals surface area contributed by atoms with Gasteiger partial charge in [-0.05, 0) is 39.0 Å². The molecule has 15 heavy (non-hydrogen) atoms. The third kappa shape index (κ3) is 3.32. The minimum Gasteiger partial charge on any atom is -0.314 e. The summed E-state index contributed by atoms with van der Waals surface area (Å²) in [6.45, 7) is 7.17. The summed E-state index contributed by atoms with van der Waals surface area (Å²) in [7, 11) is 0. The maximum Gasteiger partial charge on any atom is 0.0193 e. The van der Waals surface area contributed by atoms with Gasteiger partial charge in [0.1, 0.15) is 0 Å². The van der Waals surface area contributed by atoms with Crippen molar-refractivity contribution in [2.24, 2.45) is 0 Å².